The molecule has 0 aromatic carbocycles. The molecule has 0 aliphatic heterocycles. The van der Waals surface area contributed by atoms with Crippen molar-refractivity contribution in [3.8, 4) is 0 Å². The van der Waals surface area contributed by atoms with Crippen LogP contribution in [0.1, 0.15) is 32.6 Å². The first-order valence-corrected chi connectivity index (χ1v) is 5.59. The van der Waals surface area contributed by atoms with E-state index >= 15 is 0 Å². The van der Waals surface area contributed by atoms with Crippen molar-refractivity contribution in [2.45, 2.75) is 32.6 Å². The molecule has 0 saturated carbocycles. The van der Waals surface area contributed by atoms with Crippen molar-refractivity contribution in [1.82, 2.24) is 0 Å². The van der Waals surface area contributed by atoms with E-state index in [1.54, 1.807) is 7.11 Å². The molecule has 0 heterocycles. The number of ether oxygens (including phenoxy) is 1. The average Bonchev–Trinajstić information content (AvgIpc) is 2.22. The maximum absolute atomic E-state index is 8.56. The van der Waals surface area contributed by atoms with Crippen LogP contribution in [0.2, 0.25) is 0 Å². The van der Waals surface area contributed by atoms with Crippen molar-refractivity contribution < 1.29 is 9.84 Å². The third kappa shape index (κ3) is 11.3. The van der Waals surface area contributed by atoms with E-state index in [9.17, 15) is 0 Å². The summed E-state index contributed by atoms with van der Waals surface area (Å²) in [4.78, 5) is 4.17. The summed E-state index contributed by atoms with van der Waals surface area (Å²) in [7, 11) is 1.70. The summed E-state index contributed by atoms with van der Waals surface area (Å²) in [5, 5.41) is 8.56. The molecule has 0 fully saturated rings. The summed E-state index contributed by atoms with van der Waals surface area (Å²) in [5.74, 6) is 0.418. The molecule has 15 heavy (non-hydrogen) atoms. The van der Waals surface area contributed by atoms with Crippen molar-refractivity contribution in [3.63, 3.8) is 0 Å². The standard InChI is InChI=1S/C12H23NO2/c1-12(11-15-2)7-9-13-8-5-3-4-6-10-14/h7-9,12,14H,3-6,10-11H2,1-2H3/b9-7+,13-8?. The Bertz CT molecular complexity index is 178. The highest BCUT2D eigenvalue weighted by atomic mass is 16.5. The molecule has 3 nitrogen and oxygen atoms in total. The lowest BCUT2D eigenvalue weighted by molar-refractivity contribution is 0.176. The van der Waals surface area contributed by atoms with E-state index in [0.717, 1.165) is 32.3 Å². The second-order valence-corrected chi connectivity index (χ2v) is 3.68. The molecular weight excluding hydrogens is 190 g/mol. The summed E-state index contributed by atoms with van der Waals surface area (Å²) in [6.45, 7) is 3.13. The number of methoxy groups -OCH3 is 1. The molecule has 0 radical (unpaired) electrons. The van der Waals surface area contributed by atoms with E-state index < -0.39 is 0 Å². The van der Waals surface area contributed by atoms with Crippen LogP contribution < -0.4 is 0 Å². The van der Waals surface area contributed by atoms with E-state index in [4.69, 9.17) is 9.84 Å². The third-order valence-electron chi connectivity index (χ3n) is 2.03. The molecule has 0 saturated heterocycles. The maximum Gasteiger partial charge on any atom is 0.0523 e. The quantitative estimate of drug-likeness (QED) is 0.472. The zero-order valence-electron chi connectivity index (χ0n) is 9.85. The predicted molar refractivity (Wildman–Crippen MR) is 64.2 cm³/mol. The molecule has 0 spiro atoms. The fourth-order valence-electron chi connectivity index (χ4n) is 1.17. The molecule has 0 bridgehead atoms. The zero-order valence-corrected chi connectivity index (χ0v) is 9.85. The van der Waals surface area contributed by atoms with Gasteiger partial charge in [0.1, 0.15) is 0 Å². The lowest BCUT2D eigenvalue weighted by Gasteiger charge is -2.01. The van der Waals surface area contributed by atoms with Gasteiger partial charge in [-0.05, 0) is 25.2 Å². The number of aliphatic imine (C=N–C) groups is 1. The number of aliphatic hydroxyl groups excluding tert-OH is 1. The van der Waals surface area contributed by atoms with Crippen molar-refractivity contribution >= 4 is 6.21 Å². The Morgan fingerprint density at radius 1 is 1.33 bits per heavy atom. The van der Waals surface area contributed by atoms with Crippen LogP contribution in [0.4, 0.5) is 0 Å². The first-order valence-electron chi connectivity index (χ1n) is 5.59. The van der Waals surface area contributed by atoms with Gasteiger partial charge in [-0.25, -0.2) is 0 Å². The number of aliphatic hydroxyl groups is 1. The highest BCUT2D eigenvalue weighted by molar-refractivity contribution is 5.57. The lowest BCUT2D eigenvalue weighted by atomic mass is 10.2. The first-order chi connectivity index (χ1) is 7.31. The van der Waals surface area contributed by atoms with Crippen molar-refractivity contribution in [2.75, 3.05) is 20.3 Å². The van der Waals surface area contributed by atoms with E-state index in [0.29, 0.717) is 12.5 Å². The second kappa shape index (κ2) is 11.4. The first kappa shape index (κ1) is 14.3. The van der Waals surface area contributed by atoms with Crippen LogP contribution in [0.5, 0.6) is 0 Å². The van der Waals surface area contributed by atoms with Crippen LogP contribution >= 0.6 is 0 Å². The summed E-state index contributed by atoms with van der Waals surface area (Å²) in [6, 6.07) is 0. The topological polar surface area (TPSA) is 41.8 Å². The van der Waals surface area contributed by atoms with Crippen LogP contribution in [-0.4, -0.2) is 31.6 Å². The number of hydrogen-bond donors (Lipinski definition) is 1. The molecule has 88 valence electrons. The zero-order chi connectivity index (χ0) is 11.4. The fourth-order valence-corrected chi connectivity index (χ4v) is 1.17. The molecule has 3 heteroatoms. The van der Waals surface area contributed by atoms with Gasteiger partial charge in [0, 0.05) is 26.1 Å². The van der Waals surface area contributed by atoms with Crippen molar-refractivity contribution in [1.29, 1.82) is 0 Å². The molecule has 0 aromatic heterocycles. The molecular formula is C12H23NO2. The lowest BCUT2D eigenvalue weighted by Crippen LogP contribution is -1.98. The summed E-state index contributed by atoms with van der Waals surface area (Å²) < 4.78 is 5.00. The number of unbranched alkanes of at least 4 members (excludes halogenated alkanes) is 3. The summed E-state index contributed by atoms with van der Waals surface area (Å²) >= 11 is 0. The fraction of sp³-hybridized carbons (Fsp3) is 0.750. The second-order valence-electron chi connectivity index (χ2n) is 3.68. The SMILES string of the molecule is COCC(C)/C=C/N=CCCCCCO. The van der Waals surface area contributed by atoms with Crippen LogP contribution in [-0.2, 0) is 4.74 Å². The molecule has 1 N–H and O–H groups in total. The monoisotopic (exact) mass is 213 g/mol. The Balaban J connectivity index is 3.36. The average molecular weight is 213 g/mol. The van der Waals surface area contributed by atoms with Crippen molar-refractivity contribution in [2.24, 2.45) is 10.9 Å². The molecule has 0 aliphatic rings. The van der Waals surface area contributed by atoms with Crippen LogP contribution in [0.3, 0.4) is 0 Å². The third-order valence-corrected chi connectivity index (χ3v) is 2.03. The van der Waals surface area contributed by atoms with E-state index in [1.807, 2.05) is 18.5 Å². The Hall–Kier alpha value is -0.670. The van der Waals surface area contributed by atoms with E-state index in [2.05, 4.69) is 11.9 Å². The van der Waals surface area contributed by atoms with Gasteiger partial charge in [0.05, 0.1) is 6.61 Å². The van der Waals surface area contributed by atoms with Crippen LogP contribution in [0.25, 0.3) is 0 Å². The normalized spacial score (nSPS) is 14.1. The van der Waals surface area contributed by atoms with Gasteiger partial charge < -0.3 is 9.84 Å². The Morgan fingerprint density at radius 3 is 2.80 bits per heavy atom. The molecule has 0 aliphatic carbocycles. The molecule has 0 aromatic rings. The molecule has 0 rings (SSSR count). The number of hydrogen-bond acceptors (Lipinski definition) is 3. The highest BCUT2D eigenvalue weighted by Gasteiger charge is 1.92. The van der Waals surface area contributed by atoms with Gasteiger partial charge in [-0.3, -0.25) is 4.99 Å². The summed E-state index contributed by atoms with van der Waals surface area (Å²) in [6.07, 6.45) is 9.85. The predicted octanol–water partition coefficient (Wildman–Crippen LogP) is 2.41. The van der Waals surface area contributed by atoms with E-state index in [-0.39, 0.29) is 0 Å². The largest absolute Gasteiger partial charge is 0.396 e. The molecule has 1 atom stereocenters. The maximum atomic E-state index is 8.56. The Morgan fingerprint density at radius 2 is 2.13 bits per heavy atom. The minimum atomic E-state index is 0.297. The molecule has 0 amide bonds. The van der Waals surface area contributed by atoms with Crippen LogP contribution in [0, 0.1) is 5.92 Å². The molecule has 1 unspecified atom stereocenters. The van der Waals surface area contributed by atoms with Gasteiger partial charge in [0.25, 0.3) is 0 Å². The minimum absolute atomic E-state index is 0.297. The van der Waals surface area contributed by atoms with Gasteiger partial charge in [-0.2, -0.15) is 0 Å². The van der Waals surface area contributed by atoms with Gasteiger partial charge in [0.15, 0.2) is 0 Å². The minimum Gasteiger partial charge on any atom is -0.396 e. The van der Waals surface area contributed by atoms with Gasteiger partial charge >= 0.3 is 0 Å². The Labute approximate surface area is 92.9 Å². The summed E-state index contributed by atoms with van der Waals surface area (Å²) in [5.41, 5.74) is 0. The Kier molecular flexibility index (Phi) is 10.9. The van der Waals surface area contributed by atoms with E-state index in [1.165, 1.54) is 0 Å². The smallest absolute Gasteiger partial charge is 0.0523 e. The van der Waals surface area contributed by atoms with Crippen LogP contribution in [0.15, 0.2) is 17.3 Å². The number of nitrogens with zero attached hydrogens (tertiary/aromatic N) is 1. The van der Waals surface area contributed by atoms with Gasteiger partial charge in [-0.1, -0.05) is 19.4 Å². The van der Waals surface area contributed by atoms with Gasteiger partial charge in [0.2, 0.25) is 0 Å². The number of rotatable bonds is 9. The van der Waals surface area contributed by atoms with Gasteiger partial charge in [-0.15, -0.1) is 0 Å². The van der Waals surface area contributed by atoms with Crippen molar-refractivity contribution in [3.05, 3.63) is 12.3 Å². The highest BCUT2D eigenvalue weighted by Crippen LogP contribution is 1.98.